The van der Waals surface area contributed by atoms with Gasteiger partial charge in [0.05, 0.1) is 23.1 Å². The summed E-state index contributed by atoms with van der Waals surface area (Å²) in [6.07, 6.45) is 2.53. The molecule has 3 aromatic rings. The van der Waals surface area contributed by atoms with Gasteiger partial charge in [0.2, 0.25) is 5.95 Å². The van der Waals surface area contributed by atoms with Gasteiger partial charge in [-0.25, -0.2) is 4.98 Å². The Morgan fingerprint density at radius 2 is 2.08 bits per heavy atom. The lowest BCUT2D eigenvalue weighted by Crippen LogP contribution is -2.35. The minimum absolute atomic E-state index is 0.155. The van der Waals surface area contributed by atoms with E-state index >= 15 is 0 Å². The van der Waals surface area contributed by atoms with Gasteiger partial charge in [0, 0.05) is 36.6 Å². The first-order chi connectivity index (χ1) is 12.1. The van der Waals surface area contributed by atoms with Crippen molar-refractivity contribution in [2.45, 2.75) is 19.5 Å². The third-order valence-corrected chi connectivity index (χ3v) is 4.66. The molecule has 1 aromatic carbocycles. The molecule has 0 saturated heterocycles. The SMILES string of the molecule is Nc1nc2c(c(=O)[nH]1)CN(Cc1cn[nH]c1-c1ccc(Cl)cc1)CC2. The van der Waals surface area contributed by atoms with E-state index in [1.165, 1.54) is 0 Å². The number of aromatic nitrogens is 4. The van der Waals surface area contributed by atoms with Crippen LogP contribution in [0.5, 0.6) is 0 Å². The highest BCUT2D eigenvalue weighted by atomic mass is 35.5. The van der Waals surface area contributed by atoms with E-state index in [1.54, 1.807) is 0 Å². The molecule has 0 unspecified atom stereocenters. The van der Waals surface area contributed by atoms with E-state index in [9.17, 15) is 4.79 Å². The highest BCUT2D eigenvalue weighted by Gasteiger charge is 2.22. The second-order valence-corrected chi connectivity index (χ2v) is 6.55. The van der Waals surface area contributed by atoms with Crippen LogP contribution in [-0.4, -0.2) is 31.6 Å². The number of nitrogens with two attached hydrogens (primary N) is 1. The fraction of sp³-hybridized carbons (Fsp3) is 0.235. The molecule has 0 atom stereocenters. The number of halogens is 1. The first-order valence-electron chi connectivity index (χ1n) is 7.98. The lowest BCUT2D eigenvalue weighted by Gasteiger charge is -2.27. The maximum Gasteiger partial charge on any atom is 0.257 e. The molecule has 0 spiro atoms. The average Bonchev–Trinajstić information content (AvgIpc) is 3.04. The number of rotatable bonds is 3. The summed E-state index contributed by atoms with van der Waals surface area (Å²) in [6, 6.07) is 7.63. The smallest absolute Gasteiger partial charge is 0.257 e. The zero-order valence-electron chi connectivity index (χ0n) is 13.4. The zero-order valence-corrected chi connectivity index (χ0v) is 14.2. The lowest BCUT2D eigenvalue weighted by atomic mass is 10.0. The van der Waals surface area contributed by atoms with Crippen LogP contribution in [0.2, 0.25) is 5.02 Å². The molecule has 0 saturated carbocycles. The van der Waals surface area contributed by atoms with Crippen molar-refractivity contribution in [3.63, 3.8) is 0 Å². The number of benzene rings is 1. The van der Waals surface area contributed by atoms with Crippen LogP contribution in [0.1, 0.15) is 16.8 Å². The third-order valence-electron chi connectivity index (χ3n) is 4.41. The van der Waals surface area contributed by atoms with Crippen molar-refractivity contribution in [1.29, 1.82) is 0 Å². The quantitative estimate of drug-likeness (QED) is 0.665. The number of fused-ring (bicyclic) bond motifs is 1. The first kappa shape index (κ1) is 15.9. The van der Waals surface area contributed by atoms with E-state index in [0.29, 0.717) is 30.1 Å². The minimum atomic E-state index is -0.155. The van der Waals surface area contributed by atoms with E-state index in [0.717, 1.165) is 29.1 Å². The van der Waals surface area contributed by atoms with Crippen LogP contribution in [0.25, 0.3) is 11.3 Å². The molecule has 2 aromatic heterocycles. The van der Waals surface area contributed by atoms with Gasteiger partial charge < -0.3 is 5.73 Å². The van der Waals surface area contributed by atoms with Crippen LogP contribution < -0.4 is 11.3 Å². The van der Waals surface area contributed by atoms with Gasteiger partial charge in [0.25, 0.3) is 5.56 Å². The van der Waals surface area contributed by atoms with Crippen LogP contribution in [0.15, 0.2) is 35.3 Å². The topological polar surface area (TPSA) is 104 Å². The van der Waals surface area contributed by atoms with Crippen LogP contribution in [0, 0.1) is 0 Å². The van der Waals surface area contributed by atoms with Gasteiger partial charge in [-0.05, 0) is 17.7 Å². The van der Waals surface area contributed by atoms with Gasteiger partial charge >= 0.3 is 0 Å². The van der Waals surface area contributed by atoms with Gasteiger partial charge in [-0.1, -0.05) is 23.7 Å². The minimum Gasteiger partial charge on any atom is -0.369 e. The molecular weight excluding hydrogens is 340 g/mol. The molecule has 4 rings (SSSR count). The van der Waals surface area contributed by atoms with Gasteiger partial charge in [-0.15, -0.1) is 0 Å². The van der Waals surface area contributed by atoms with E-state index in [1.807, 2.05) is 30.5 Å². The largest absolute Gasteiger partial charge is 0.369 e. The van der Waals surface area contributed by atoms with Crippen molar-refractivity contribution >= 4 is 17.5 Å². The fourth-order valence-corrected chi connectivity index (χ4v) is 3.30. The Morgan fingerprint density at radius 3 is 2.88 bits per heavy atom. The van der Waals surface area contributed by atoms with Gasteiger partial charge in [-0.3, -0.25) is 19.8 Å². The molecule has 8 heteroatoms. The number of hydrogen-bond donors (Lipinski definition) is 3. The summed E-state index contributed by atoms with van der Waals surface area (Å²) < 4.78 is 0. The second-order valence-electron chi connectivity index (χ2n) is 6.11. The standard InChI is InChI=1S/C17H17ClN6O/c18-12-3-1-10(2-4-12)15-11(7-20-23-15)8-24-6-5-14-13(9-24)16(25)22-17(19)21-14/h1-4,7H,5-6,8-9H2,(H,20,23)(H3,19,21,22,25). The summed E-state index contributed by atoms with van der Waals surface area (Å²) in [5.41, 5.74) is 10.0. The van der Waals surface area contributed by atoms with Gasteiger partial charge in [0.1, 0.15) is 0 Å². The molecule has 0 radical (unpaired) electrons. The number of nitrogens with one attached hydrogen (secondary N) is 2. The molecule has 7 nitrogen and oxygen atoms in total. The summed E-state index contributed by atoms with van der Waals surface area (Å²) in [7, 11) is 0. The molecule has 0 aliphatic carbocycles. The highest BCUT2D eigenvalue weighted by Crippen LogP contribution is 2.25. The fourth-order valence-electron chi connectivity index (χ4n) is 3.17. The van der Waals surface area contributed by atoms with E-state index in [-0.39, 0.29) is 11.5 Å². The Hall–Kier alpha value is -2.64. The van der Waals surface area contributed by atoms with Crippen LogP contribution >= 0.6 is 11.6 Å². The maximum absolute atomic E-state index is 12.1. The van der Waals surface area contributed by atoms with Crippen molar-refractivity contribution in [2.75, 3.05) is 12.3 Å². The van der Waals surface area contributed by atoms with E-state index < -0.39 is 0 Å². The predicted octanol–water partition coefficient (Wildman–Crippen LogP) is 1.95. The van der Waals surface area contributed by atoms with Gasteiger partial charge in [0.15, 0.2) is 0 Å². The molecule has 1 aliphatic rings. The number of nitrogen functional groups attached to an aromatic ring is 1. The Labute approximate surface area is 148 Å². The Bertz CT molecular complexity index is 962. The monoisotopic (exact) mass is 356 g/mol. The molecule has 0 bridgehead atoms. The maximum atomic E-state index is 12.1. The van der Waals surface area contributed by atoms with Crippen LogP contribution in [-0.2, 0) is 19.5 Å². The molecule has 1 aliphatic heterocycles. The number of anilines is 1. The first-order valence-corrected chi connectivity index (χ1v) is 8.36. The second kappa shape index (κ2) is 6.34. The Balaban J connectivity index is 1.57. The molecular formula is C17H17ClN6O. The summed E-state index contributed by atoms with van der Waals surface area (Å²) >= 11 is 5.96. The normalized spacial score (nSPS) is 14.4. The van der Waals surface area contributed by atoms with Crippen LogP contribution in [0.3, 0.4) is 0 Å². The molecule has 0 amide bonds. The van der Waals surface area contributed by atoms with Crippen molar-refractivity contribution in [1.82, 2.24) is 25.1 Å². The van der Waals surface area contributed by atoms with Gasteiger partial charge in [-0.2, -0.15) is 5.10 Å². The summed E-state index contributed by atoms with van der Waals surface area (Å²) in [5, 5.41) is 7.93. The number of H-pyrrole nitrogens is 2. The lowest BCUT2D eigenvalue weighted by molar-refractivity contribution is 0.242. The van der Waals surface area contributed by atoms with Crippen molar-refractivity contribution in [3.8, 4) is 11.3 Å². The number of nitrogens with zero attached hydrogens (tertiary/aromatic N) is 3. The van der Waals surface area contributed by atoms with E-state index in [4.69, 9.17) is 17.3 Å². The summed E-state index contributed by atoms with van der Waals surface area (Å²) in [5.74, 6) is 0.178. The van der Waals surface area contributed by atoms with Crippen molar-refractivity contribution in [2.24, 2.45) is 0 Å². The Morgan fingerprint density at radius 1 is 1.28 bits per heavy atom. The molecule has 0 fully saturated rings. The summed E-state index contributed by atoms with van der Waals surface area (Å²) in [4.78, 5) is 21.1. The molecule has 25 heavy (non-hydrogen) atoms. The molecule has 4 N–H and O–H groups in total. The third kappa shape index (κ3) is 3.16. The predicted molar refractivity (Wildman–Crippen MR) is 96.1 cm³/mol. The Kier molecular flexibility index (Phi) is 4.03. The highest BCUT2D eigenvalue weighted by molar-refractivity contribution is 6.30. The average molecular weight is 357 g/mol. The van der Waals surface area contributed by atoms with Crippen molar-refractivity contribution < 1.29 is 0 Å². The number of hydrogen-bond acceptors (Lipinski definition) is 5. The summed E-state index contributed by atoms with van der Waals surface area (Å²) in [6.45, 7) is 2.05. The number of aromatic amines is 2. The van der Waals surface area contributed by atoms with E-state index in [2.05, 4.69) is 25.1 Å². The van der Waals surface area contributed by atoms with Crippen LogP contribution in [0.4, 0.5) is 5.95 Å². The molecule has 128 valence electrons. The van der Waals surface area contributed by atoms with Crippen molar-refractivity contribution in [3.05, 3.63) is 62.7 Å². The molecule has 3 heterocycles. The zero-order chi connectivity index (χ0) is 17.4.